The summed E-state index contributed by atoms with van der Waals surface area (Å²) in [6.07, 6.45) is 3.86. The van der Waals surface area contributed by atoms with E-state index < -0.39 is 26.2 Å². The van der Waals surface area contributed by atoms with Gasteiger partial charge in [-0.15, -0.1) is 0 Å². The molecule has 108 valence electrons. The van der Waals surface area contributed by atoms with Crippen molar-refractivity contribution >= 4 is 10.1 Å². The summed E-state index contributed by atoms with van der Waals surface area (Å²) < 4.78 is 34.0. The fourth-order valence-electron chi connectivity index (χ4n) is 2.27. The molecule has 0 fully saturated rings. The summed E-state index contributed by atoms with van der Waals surface area (Å²) in [6, 6.07) is 4.41. The van der Waals surface area contributed by atoms with Crippen molar-refractivity contribution in [2.45, 2.75) is 56.8 Å². The Balaban J connectivity index is 0.00000361. The Bertz CT molecular complexity index is 538. The molecule has 0 aromatic heterocycles. The van der Waals surface area contributed by atoms with Crippen LogP contribution in [0, 0.1) is 0 Å². The van der Waals surface area contributed by atoms with Crippen LogP contribution in [0.5, 0.6) is 5.75 Å². The summed E-state index contributed by atoms with van der Waals surface area (Å²) in [7, 11) is -4.68. The molecule has 1 N–H and O–H groups in total. The summed E-state index contributed by atoms with van der Waals surface area (Å²) in [5, 5.41) is 9.68. The maximum atomic E-state index is 11.3. The average molecular weight is 308 g/mol. The van der Waals surface area contributed by atoms with E-state index in [9.17, 15) is 18.1 Å². The number of benzene rings is 1. The summed E-state index contributed by atoms with van der Waals surface area (Å²) >= 11 is 0. The van der Waals surface area contributed by atoms with Crippen molar-refractivity contribution in [2.24, 2.45) is 0 Å². The number of rotatable bonds is 6. The summed E-state index contributed by atoms with van der Waals surface area (Å²) in [6.45, 7) is 5.88. The van der Waals surface area contributed by atoms with Gasteiger partial charge in [-0.3, -0.25) is 0 Å². The molecule has 0 atom stereocenters. The summed E-state index contributed by atoms with van der Waals surface area (Å²) in [4.78, 5) is -0.475. The average Bonchev–Trinajstić information content (AvgIpc) is 2.27. The molecule has 0 amide bonds. The molecule has 1 aromatic rings. The molecule has 4 nitrogen and oxygen atoms in total. The van der Waals surface area contributed by atoms with E-state index in [1.165, 1.54) is 6.07 Å². The maximum Gasteiger partial charge on any atom is 1.00 e. The molecule has 20 heavy (non-hydrogen) atoms. The van der Waals surface area contributed by atoms with Gasteiger partial charge in [0.05, 0.1) is 4.90 Å². The molecule has 0 radical (unpaired) electrons. The number of hydrogen-bond donors (Lipinski definition) is 1. The molecule has 0 spiro atoms. The van der Waals surface area contributed by atoms with Gasteiger partial charge in [-0.1, -0.05) is 52.2 Å². The van der Waals surface area contributed by atoms with E-state index >= 15 is 0 Å². The number of phenolic OH excluding ortho intramolecular Hbond substituents is 1. The molecule has 1 aromatic carbocycles. The van der Waals surface area contributed by atoms with E-state index in [2.05, 4.69) is 6.92 Å². The third-order valence-electron chi connectivity index (χ3n) is 3.38. The molecule has 0 aliphatic rings. The minimum Gasteiger partial charge on any atom is -0.744 e. The van der Waals surface area contributed by atoms with Crippen LogP contribution in [0.4, 0.5) is 0 Å². The van der Waals surface area contributed by atoms with Gasteiger partial charge in [-0.2, -0.15) is 0 Å². The van der Waals surface area contributed by atoms with Crippen LogP contribution in [-0.4, -0.2) is 18.1 Å². The van der Waals surface area contributed by atoms with Crippen LogP contribution >= 0.6 is 0 Å². The summed E-state index contributed by atoms with van der Waals surface area (Å²) in [5.41, 5.74) is -0.0561. The number of hydrogen-bond acceptors (Lipinski definition) is 4. The van der Waals surface area contributed by atoms with Crippen LogP contribution in [0.1, 0.15) is 52.0 Å². The minimum atomic E-state index is -4.68. The Labute approximate surface area is 143 Å². The zero-order valence-electron chi connectivity index (χ0n) is 12.6. The standard InChI is InChI=1S/C14H22O4S.Na/c1-4-5-6-10-14(2,3)11-8-7-9-12(15)13(11)19(16,17)18;/h7-9,15H,4-6,10H2,1-3H3,(H,16,17,18);/q;+1/p-1. The van der Waals surface area contributed by atoms with Crippen LogP contribution in [0.3, 0.4) is 0 Å². The van der Waals surface area contributed by atoms with E-state index in [1.807, 2.05) is 13.8 Å². The molecule has 0 heterocycles. The first-order valence-corrected chi connectivity index (χ1v) is 7.89. The van der Waals surface area contributed by atoms with Crippen molar-refractivity contribution < 1.29 is 47.6 Å². The predicted octanol–water partition coefficient (Wildman–Crippen LogP) is 0.158. The van der Waals surface area contributed by atoms with E-state index in [-0.39, 0.29) is 29.6 Å². The van der Waals surface area contributed by atoms with Crippen molar-refractivity contribution in [3.05, 3.63) is 23.8 Å². The Morgan fingerprint density at radius 3 is 2.35 bits per heavy atom. The molecule has 0 aliphatic carbocycles. The number of phenols is 1. The predicted molar refractivity (Wildman–Crippen MR) is 73.2 cm³/mol. The van der Waals surface area contributed by atoms with Crippen LogP contribution < -0.4 is 29.6 Å². The smallest absolute Gasteiger partial charge is 0.744 e. The van der Waals surface area contributed by atoms with E-state index in [1.54, 1.807) is 12.1 Å². The monoisotopic (exact) mass is 308 g/mol. The van der Waals surface area contributed by atoms with E-state index in [0.717, 1.165) is 25.7 Å². The van der Waals surface area contributed by atoms with E-state index in [4.69, 9.17) is 0 Å². The molecule has 0 bridgehead atoms. The molecule has 0 saturated heterocycles. The number of unbranched alkanes of at least 4 members (excludes halogenated alkanes) is 2. The fourth-order valence-corrected chi connectivity index (χ4v) is 3.21. The molecule has 0 saturated carbocycles. The summed E-state index contributed by atoms with van der Waals surface area (Å²) in [5.74, 6) is -0.462. The van der Waals surface area contributed by atoms with Crippen molar-refractivity contribution in [3.8, 4) is 5.75 Å². The first-order chi connectivity index (χ1) is 8.70. The van der Waals surface area contributed by atoms with Gasteiger partial charge in [0.2, 0.25) is 0 Å². The van der Waals surface area contributed by atoms with Gasteiger partial charge >= 0.3 is 29.6 Å². The van der Waals surface area contributed by atoms with Crippen LogP contribution in [0.25, 0.3) is 0 Å². The largest absolute Gasteiger partial charge is 1.00 e. The van der Waals surface area contributed by atoms with E-state index in [0.29, 0.717) is 5.56 Å². The van der Waals surface area contributed by atoms with Gasteiger partial charge in [-0.05, 0) is 23.5 Å². The third-order valence-corrected chi connectivity index (χ3v) is 4.31. The van der Waals surface area contributed by atoms with Crippen molar-refractivity contribution in [1.29, 1.82) is 0 Å². The second-order valence-electron chi connectivity index (χ2n) is 5.45. The zero-order valence-corrected chi connectivity index (χ0v) is 15.5. The Morgan fingerprint density at radius 2 is 1.85 bits per heavy atom. The van der Waals surface area contributed by atoms with Crippen LogP contribution in [0.2, 0.25) is 0 Å². The minimum absolute atomic E-state index is 0. The quantitative estimate of drug-likeness (QED) is 0.461. The molecule has 0 aliphatic heterocycles. The maximum absolute atomic E-state index is 11.3. The van der Waals surface area contributed by atoms with Crippen LogP contribution in [0.15, 0.2) is 23.1 Å². The molecular formula is C14H21NaO4S. The van der Waals surface area contributed by atoms with Gasteiger partial charge in [0.15, 0.2) is 0 Å². The van der Waals surface area contributed by atoms with Gasteiger partial charge < -0.3 is 9.66 Å². The normalized spacial score (nSPS) is 12.0. The van der Waals surface area contributed by atoms with Gasteiger partial charge in [-0.25, -0.2) is 8.42 Å². The second kappa shape index (κ2) is 7.80. The molecule has 0 unspecified atom stereocenters. The van der Waals surface area contributed by atoms with Gasteiger partial charge in [0.1, 0.15) is 15.9 Å². The van der Waals surface area contributed by atoms with Crippen molar-refractivity contribution in [1.82, 2.24) is 0 Å². The Hall–Kier alpha value is -0.0700. The zero-order chi connectivity index (χ0) is 14.7. The molecule has 6 heteroatoms. The first-order valence-electron chi connectivity index (χ1n) is 6.48. The fraction of sp³-hybridized carbons (Fsp3) is 0.571. The number of aromatic hydroxyl groups is 1. The van der Waals surface area contributed by atoms with Gasteiger partial charge in [0.25, 0.3) is 0 Å². The Morgan fingerprint density at radius 1 is 1.25 bits per heavy atom. The van der Waals surface area contributed by atoms with Crippen LogP contribution in [-0.2, 0) is 15.5 Å². The molecular weight excluding hydrogens is 287 g/mol. The van der Waals surface area contributed by atoms with Crippen molar-refractivity contribution in [2.75, 3.05) is 0 Å². The van der Waals surface area contributed by atoms with Crippen molar-refractivity contribution in [3.63, 3.8) is 0 Å². The van der Waals surface area contributed by atoms with Gasteiger partial charge in [0, 0.05) is 0 Å². The molecule has 1 rings (SSSR count). The first kappa shape index (κ1) is 19.9. The SMILES string of the molecule is CCCCCC(C)(C)c1cccc(O)c1S(=O)(=O)[O-].[Na+]. The second-order valence-corrected chi connectivity index (χ2v) is 6.77. The third kappa shape index (κ3) is 5.04. The topological polar surface area (TPSA) is 77.4 Å². The Kier molecular flexibility index (Phi) is 7.77.